The van der Waals surface area contributed by atoms with Crippen molar-refractivity contribution in [1.29, 1.82) is 0 Å². The fourth-order valence-corrected chi connectivity index (χ4v) is 16.6. The third-order valence-electron chi connectivity index (χ3n) is 16.7. The van der Waals surface area contributed by atoms with Gasteiger partial charge in [0.25, 0.3) is 0 Å². The first-order valence-corrected chi connectivity index (χ1v) is 26.6. The van der Waals surface area contributed by atoms with Crippen LogP contribution in [0.5, 0.6) is 0 Å². The largest absolute Gasteiger partial charge is 0.356 e. The van der Waals surface area contributed by atoms with E-state index in [0.29, 0.717) is 5.54 Å². The van der Waals surface area contributed by atoms with Gasteiger partial charge in [-0.25, -0.2) is 4.98 Å². The Morgan fingerprint density at radius 1 is 0.567 bits per heavy atom. The maximum Gasteiger partial charge on any atom is 0.184 e. The number of aromatic nitrogens is 3. The molecule has 6 aromatic carbocycles. The van der Waals surface area contributed by atoms with Gasteiger partial charge in [0.1, 0.15) is 11.2 Å². The van der Waals surface area contributed by atoms with Crippen LogP contribution >= 0.6 is 39.5 Å². The van der Waals surface area contributed by atoms with Crippen molar-refractivity contribution in [1.82, 2.24) is 14.1 Å². The molecule has 0 radical (unpaired) electrons. The summed E-state index contributed by atoms with van der Waals surface area (Å²) >= 11 is 10.2. The number of thiazole rings is 1. The monoisotopic (exact) mass is 978 g/mol. The van der Waals surface area contributed by atoms with Gasteiger partial charge in [0, 0.05) is 37.1 Å². The number of hydrogen-bond donors (Lipinski definition) is 2. The molecule has 3 heterocycles. The van der Waals surface area contributed by atoms with Crippen LogP contribution in [-0.2, 0) is 0 Å². The van der Waals surface area contributed by atoms with Crippen LogP contribution in [0.3, 0.4) is 0 Å². The summed E-state index contributed by atoms with van der Waals surface area (Å²) < 4.78 is 6.79. The van der Waals surface area contributed by atoms with E-state index in [9.17, 15) is 0 Å². The smallest absolute Gasteiger partial charge is 0.184 e. The minimum absolute atomic E-state index is 0.287. The Hall–Kier alpha value is -5.15. The zero-order valence-corrected chi connectivity index (χ0v) is 40.9. The number of nitrogens with two attached hydrogens (primary N) is 1. The molecule has 3 aromatic heterocycles. The predicted molar refractivity (Wildman–Crippen MR) is 287 cm³/mol. The molecule has 8 bridgehead atoms. The fraction of sp³-hybridized carbons (Fsp3) is 0.345. The van der Waals surface area contributed by atoms with Gasteiger partial charge in [0.2, 0.25) is 0 Å². The first kappa shape index (κ1) is 42.0. The number of halogens is 1. The molecular weight excluding hydrogens is 925 g/mol. The summed E-state index contributed by atoms with van der Waals surface area (Å²) in [6, 6.07) is 46.9. The standard InChI is InChI=1S/C29H27N3S.C19H11BrN2S.C10H17N/c1-3-8-23-21(6-1)22-7-2-4-9-24(22)32(23)25-10-5-11-26-27(25)30-28(33-26)31-29-15-18-12-19(16-29)14-20(13-18)17-29;20-15-8-5-11-18(19(15)21-12-23)22-16-9-3-1-6-13(16)14-7-2-4-10-17(14)22;11-10-4-7-1-8(5-10)3-9(2-7)6-10/h1-11,18-20H,12-17H2,(H,30,31);1-11H;7-9H,1-6,11H2. The summed E-state index contributed by atoms with van der Waals surface area (Å²) in [5, 5.41) is 12.7. The number of hydrogen-bond acceptors (Lipinski definition) is 6. The highest BCUT2D eigenvalue weighted by Crippen LogP contribution is 2.57. The van der Waals surface area contributed by atoms with E-state index in [0.717, 1.165) is 73.0 Å². The molecule has 8 aliphatic rings. The van der Waals surface area contributed by atoms with Crippen LogP contribution in [0.15, 0.2) is 143 Å². The van der Waals surface area contributed by atoms with Crippen molar-refractivity contribution in [2.75, 3.05) is 5.32 Å². The van der Waals surface area contributed by atoms with E-state index in [1.165, 1.54) is 120 Å². The highest BCUT2D eigenvalue weighted by molar-refractivity contribution is 9.10. The van der Waals surface area contributed by atoms with Crippen molar-refractivity contribution in [2.45, 2.75) is 88.1 Å². The average Bonchev–Trinajstić information content (AvgIpc) is 3.99. The van der Waals surface area contributed by atoms with Gasteiger partial charge in [-0.15, -0.1) is 0 Å². The van der Waals surface area contributed by atoms with E-state index in [4.69, 9.17) is 22.9 Å². The Labute approximate surface area is 409 Å². The van der Waals surface area contributed by atoms with Crippen LogP contribution in [0, 0.1) is 35.5 Å². The Morgan fingerprint density at radius 2 is 0.985 bits per heavy atom. The van der Waals surface area contributed by atoms with Gasteiger partial charge in [-0.3, -0.25) is 0 Å². The SMILES string of the molecule is NC12CC3CC(CC(C3)C1)C2.S=C=Nc1c(Br)cccc1-n1c2ccccc2c2ccccc21.c1cc(-n2c3ccccc3c3ccccc32)c2nc(NC34CC5CC(CC(C5)C3)C4)sc2c1. The molecule has 17 rings (SSSR count). The lowest BCUT2D eigenvalue weighted by Gasteiger charge is -2.56. The number of thiocarbonyl (C=S) groups is 1. The number of benzene rings is 6. The minimum atomic E-state index is 0.287. The quantitative estimate of drug-likeness (QED) is 0.133. The molecule has 8 fully saturated rings. The Morgan fingerprint density at radius 3 is 1.45 bits per heavy atom. The maximum absolute atomic E-state index is 6.32. The topological polar surface area (TPSA) is 73.2 Å². The number of nitrogens with one attached hydrogen (secondary N) is 1. The van der Waals surface area contributed by atoms with Crippen molar-refractivity contribution in [2.24, 2.45) is 46.2 Å². The summed E-state index contributed by atoms with van der Waals surface area (Å²) in [7, 11) is 0. The second-order valence-electron chi connectivity index (χ2n) is 21.3. The van der Waals surface area contributed by atoms with Gasteiger partial charge in [0.05, 0.1) is 43.3 Å². The summed E-state index contributed by atoms with van der Waals surface area (Å²) in [6.45, 7) is 0. The highest BCUT2D eigenvalue weighted by Gasteiger charge is 2.51. The second kappa shape index (κ2) is 16.5. The number of rotatable bonds is 5. The van der Waals surface area contributed by atoms with E-state index in [-0.39, 0.29) is 5.54 Å². The maximum atomic E-state index is 6.32. The first-order chi connectivity index (χ1) is 32.8. The lowest BCUT2D eigenvalue weighted by Crippen LogP contribution is -2.55. The molecule has 67 heavy (non-hydrogen) atoms. The molecule has 3 N–H and O–H groups in total. The fourth-order valence-electron chi connectivity index (χ4n) is 15.0. The van der Waals surface area contributed by atoms with E-state index in [2.05, 4.69) is 162 Å². The van der Waals surface area contributed by atoms with Crippen LogP contribution in [0.1, 0.15) is 77.0 Å². The molecule has 9 heteroatoms. The van der Waals surface area contributed by atoms with Gasteiger partial charge in [-0.2, -0.15) is 4.99 Å². The minimum Gasteiger partial charge on any atom is -0.356 e. The molecule has 0 aliphatic heterocycles. The van der Waals surface area contributed by atoms with Gasteiger partial charge >= 0.3 is 0 Å². The van der Waals surface area contributed by atoms with Crippen molar-refractivity contribution >= 4 is 109 Å². The van der Waals surface area contributed by atoms with Crippen LogP contribution in [0.2, 0.25) is 0 Å². The summed E-state index contributed by atoms with van der Waals surface area (Å²) in [4.78, 5) is 9.52. The van der Waals surface area contributed by atoms with Gasteiger partial charge in [-0.1, -0.05) is 96.3 Å². The summed E-state index contributed by atoms with van der Waals surface area (Å²) in [6.07, 6.45) is 17.0. The first-order valence-electron chi connectivity index (χ1n) is 24.6. The number of anilines is 1. The van der Waals surface area contributed by atoms with E-state index < -0.39 is 0 Å². The molecule has 8 saturated carbocycles. The molecular formula is C58H55BrN6S2. The molecule has 336 valence electrons. The van der Waals surface area contributed by atoms with Crippen molar-refractivity contribution < 1.29 is 0 Å². The molecule has 9 aromatic rings. The Bertz CT molecular complexity index is 3250. The molecule has 0 spiro atoms. The number of nitrogens with zero attached hydrogens (tertiary/aromatic N) is 4. The summed E-state index contributed by atoms with van der Waals surface area (Å²) in [5.74, 6) is 5.87. The number of aliphatic imine (C=N–C) groups is 1. The van der Waals surface area contributed by atoms with Crippen LogP contribution in [-0.4, -0.2) is 30.4 Å². The van der Waals surface area contributed by atoms with Crippen molar-refractivity contribution in [3.05, 3.63) is 138 Å². The van der Waals surface area contributed by atoms with Crippen LogP contribution < -0.4 is 11.1 Å². The van der Waals surface area contributed by atoms with Gasteiger partial charge in [0.15, 0.2) is 5.13 Å². The van der Waals surface area contributed by atoms with E-state index in [1.807, 2.05) is 23.5 Å². The van der Waals surface area contributed by atoms with Crippen molar-refractivity contribution in [3.63, 3.8) is 0 Å². The molecule has 8 aliphatic carbocycles. The van der Waals surface area contributed by atoms with E-state index >= 15 is 0 Å². The Kier molecular flexibility index (Phi) is 10.4. The van der Waals surface area contributed by atoms with Gasteiger partial charge in [-0.05, 0) is 189 Å². The van der Waals surface area contributed by atoms with Crippen molar-refractivity contribution in [3.8, 4) is 11.4 Å². The van der Waals surface area contributed by atoms with E-state index in [1.54, 1.807) is 0 Å². The van der Waals surface area contributed by atoms with Gasteiger partial charge < -0.3 is 20.2 Å². The van der Waals surface area contributed by atoms with Crippen LogP contribution in [0.4, 0.5) is 10.8 Å². The third kappa shape index (κ3) is 7.39. The Balaban J connectivity index is 0.000000113. The zero-order chi connectivity index (χ0) is 44.9. The highest BCUT2D eigenvalue weighted by atomic mass is 79.9. The third-order valence-corrected chi connectivity index (χ3v) is 18.3. The molecule has 0 amide bonds. The number of para-hydroxylation sites is 6. The average molecular weight is 980 g/mol. The lowest BCUT2D eigenvalue weighted by molar-refractivity contribution is 0.000360. The zero-order valence-electron chi connectivity index (χ0n) is 37.7. The number of fused-ring (bicyclic) bond motifs is 7. The molecule has 0 saturated heterocycles. The molecule has 0 unspecified atom stereocenters. The lowest BCUT2D eigenvalue weighted by atomic mass is 9.53. The normalized spacial score (nSPS) is 27.6. The van der Waals surface area contributed by atoms with Crippen LogP contribution in [0.25, 0.3) is 65.2 Å². The summed E-state index contributed by atoms with van der Waals surface area (Å²) in [5.41, 5.74) is 15.8. The number of isothiocyanates is 1. The molecule has 0 atom stereocenters. The second-order valence-corrected chi connectivity index (χ2v) is 23.4. The predicted octanol–water partition coefficient (Wildman–Crippen LogP) is 16.0. The molecule has 6 nitrogen and oxygen atoms in total.